The van der Waals surface area contributed by atoms with Gasteiger partial charge in [0, 0.05) is 32.7 Å². The molecule has 2 N–H and O–H groups in total. The summed E-state index contributed by atoms with van der Waals surface area (Å²) in [5.41, 5.74) is 0.795. The molecule has 0 saturated carbocycles. The highest BCUT2D eigenvalue weighted by molar-refractivity contribution is 14.0. The van der Waals surface area contributed by atoms with Crippen LogP contribution >= 0.6 is 24.0 Å². The average Bonchev–Trinajstić information content (AvgIpc) is 2.66. The lowest BCUT2D eigenvalue weighted by Crippen LogP contribution is -2.49. The van der Waals surface area contributed by atoms with Gasteiger partial charge in [-0.25, -0.2) is 9.18 Å². The van der Waals surface area contributed by atoms with Crippen LogP contribution in [0.4, 0.5) is 9.18 Å². The predicted molar refractivity (Wildman–Crippen MR) is 113 cm³/mol. The summed E-state index contributed by atoms with van der Waals surface area (Å²) in [6.45, 7) is 3.94. The molecule has 0 unspecified atom stereocenters. The highest BCUT2D eigenvalue weighted by Crippen LogP contribution is 2.17. The molecular weight excluding hydrogens is 466 g/mol. The zero-order valence-electron chi connectivity index (χ0n) is 16.0. The monoisotopic (exact) mass is 494 g/mol. The molecule has 0 radical (unpaired) electrons. The van der Waals surface area contributed by atoms with Crippen LogP contribution in [-0.4, -0.2) is 56.8 Å². The van der Waals surface area contributed by atoms with E-state index in [1.165, 1.54) is 13.2 Å². The molecule has 1 amide bonds. The van der Waals surface area contributed by atoms with E-state index in [1.807, 2.05) is 0 Å². The van der Waals surface area contributed by atoms with Gasteiger partial charge in [-0.15, -0.1) is 24.0 Å². The SMILES string of the molecule is CCOC(=O)N1CCC(NC(=NC)NCc2ccc(OC)c(F)c2)CC1.I. The van der Waals surface area contributed by atoms with Crippen LogP contribution in [0.3, 0.4) is 0 Å². The van der Waals surface area contributed by atoms with Crippen LogP contribution < -0.4 is 15.4 Å². The van der Waals surface area contributed by atoms with Gasteiger partial charge in [0.2, 0.25) is 0 Å². The van der Waals surface area contributed by atoms with Crippen LogP contribution in [0.15, 0.2) is 23.2 Å². The van der Waals surface area contributed by atoms with Crippen molar-refractivity contribution < 1.29 is 18.7 Å². The maximum Gasteiger partial charge on any atom is 0.409 e. The number of nitrogens with zero attached hydrogens (tertiary/aromatic N) is 2. The Morgan fingerprint density at radius 2 is 2.07 bits per heavy atom. The largest absolute Gasteiger partial charge is 0.494 e. The molecule has 1 aromatic rings. The summed E-state index contributed by atoms with van der Waals surface area (Å²) < 4.78 is 23.7. The number of guanidine groups is 1. The van der Waals surface area contributed by atoms with Crippen molar-refractivity contribution in [3.8, 4) is 5.75 Å². The average molecular weight is 494 g/mol. The van der Waals surface area contributed by atoms with E-state index in [0.717, 1.165) is 18.4 Å². The third-order valence-electron chi connectivity index (χ3n) is 4.26. The summed E-state index contributed by atoms with van der Waals surface area (Å²) >= 11 is 0. The Labute approximate surface area is 176 Å². The van der Waals surface area contributed by atoms with Crippen molar-refractivity contribution in [3.05, 3.63) is 29.6 Å². The minimum atomic E-state index is -0.388. The molecule has 9 heteroatoms. The van der Waals surface area contributed by atoms with Gasteiger partial charge >= 0.3 is 6.09 Å². The van der Waals surface area contributed by atoms with Gasteiger partial charge in [-0.3, -0.25) is 4.99 Å². The van der Waals surface area contributed by atoms with Crippen molar-refractivity contribution in [1.29, 1.82) is 0 Å². The number of aliphatic imine (C=N–C) groups is 1. The number of carbonyl (C=O) groups excluding carboxylic acids is 1. The zero-order chi connectivity index (χ0) is 18.9. The Kier molecular flexibility index (Phi) is 10.2. The Bertz CT molecular complexity index is 637. The Balaban J connectivity index is 0.00000364. The quantitative estimate of drug-likeness (QED) is 0.374. The van der Waals surface area contributed by atoms with Gasteiger partial charge in [-0.05, 0) is 37.5 Å². The van der Waals surface area contributed by atoms with Crippen LogP contribution in [0.5, 0.6) is 5.75 Å². The minimum Gasteiger partial charge on any atom is -0.494 e. The summed E-state index contributed by atoms with van der Waals surface area (Å²) in [5, 5.41) is 6.52. The van der Waals surface area contributed by atoms with Gasteiger partial charge < -0.3 is 25.0 Å². The molecule has 0 atom stereocenters. The molecular formula is C18H28FIN4O3. The van der Waals surface area contributed by atoms with Gasteiger partial charge in [0.05, 0.1) is 13.7 Å². The maximum atomic E-state index is 13.7. The Morgan fingerprint density at radius 3 is 2.63 bits per heavy atom. The van der Waals surface area contributed by atoms with Crippen LogP contribution in [0.2, 0.25) is 0 Å². The first-order valence-corrected chi connectivity index (χ1v) is 8.78. The van der Waals surface area contributed by atoms with Gasteiger partial charge in [-0.1, -0.05) is 6.07 Å². The molecule has 1 aromatic carbocycles. The molecule has 1 aliphatic heterocycles. The molecule has 7 nitrogen and oxygen atoms in total. The number of likely N-dealkylation sites (tertiary alicyclic amines) is 1. The molecule has 0 spiro atoms. The molecule has 0 aromatic heterocycles. The van der Waals surface area contributed by atoms with Crippen molar-refractivity contribution in [1.82, 2.24) is 15.5 Å². The van der Waals surface area contributed by atoms with Gasteiger partial charge in [-0.2, -0.15) is 0 Å². The zero-order valence-corrected chi connectivity index (χ0v) is 18.3. The topological polar surface area (TPSA) is 75.2 Å². The maximum absolute atomic E-state index is 13.7. The van der Waals surface area contributed by atoms with Crippen molar-refractivity contribution in [2.75, 3.05) is 33.9 Å². The van der Waals surface area contributed by atoms with Gasteiger partial charge in [0.25, 0.3) is 0 Å². The smallest absolute Gasteiger partial charge is 0.409 e. The van der Waals surface area contributed by atoms with E-state index in [4.69, 9.17) is 9.47 Å². The number of nitrogens with one attached hydrogen (secondary N) is 2. The number of hydrogen-bond acceptors (Lipinski definition) is 4. The van der Waals surface area contributed by atoms with Crippen molar-refractivity contribution in [3.63, 3.8) is 0 Å². The number of ether oxygens (including phenoxy) is 2. The Morgan fingerprint density at radius 1 is 1.37 bits per heavy atom. The summed E-state index contributed by atoms with van der Waals surface area (Å²) in [6.07, 6.45) is 1.38. The van der Waals surface area contributed by atoms with E-state index >= 15 is 0 Å². The predicted octanol–water partition coefficient (Wildman–Crippen LogP) is 2.74. The molecule has 1 aliphatic rings. The summed E-state index contributed by atoms with van der Waals surface area (Å²) in [6, 6.07) is 5.07. The number of benzene rings is 1. The molecule has 0 bridgehead atoms. The molecule has 0 aliphatic carbocycles. The molecule has 1 heterocycles. The summed E-state index contributed by atoms with van der Waals surface area (Å²) in [7, 11) is 3.13. The molecule has 152 valence electrons. The molecule has 1 fully saturated rings. The second-order valence-corrected chi connectivity index (χ2v) is 6.00. The second-order valence-electron chi connectivity index (χ2n) is 6.00. The molecule has 27 heavy (non-hydrogen) atoms. The van der Waals surface area contributed by atoms with Crippen LogP contribution in [-0.2, 0) is 11.3 Å². The minimum absolute atomic E-state index is 0. The van der Waals surface area contributed by atoms with Crippen molar-refractivity contribution in [2.24, 2.45) is 4.99 Å². The lowest BCUT2D eigenvalue weighted by Gasteiger charge is -2.32. The van der Waals surface area contributed by atoms with Crippen molar-refractivity contribution >= 4 is 36.0 Å². The number of rotatable bonds is 5. The fourth-order valence-electron chi connectivity index (χ4n) is 2.81. The third kappa shape index (κ3) is 7.04. The fourth-order valence-corrected chi connectivity index (χ4v) is 2.81. The van der Waals surface area contributed by atoms with E-state index in [9.17, 15) is 9.18 Å². The van der Waals surface area contributed by atoms with E-state index in [-0.39, 0.29) is 47.7 Å². The van der Waals surface area contributed by atoms with Crippen LogP contribution in [0.25, 0.3) is 0 Å². The number of carbonyl (C=O) groups is 1. The first kappa shape index (κ1) is 23.3. The first-order chi connectivity index (χ1) is 12.6. The molecule has 2 rings (SSSR count). The van der Waals surface area contributed by atoms with Crippen LogP contribution in [0.1, 0.15) is 25.3 Å². The lowest BCUT2D eigenvalue weighted by molar-refractivity contribution is 0.0963. The highest BCUT2D eigenvalue weighted by Gasteiger charge is 2.24. The van der Waals surface area contributed by atoms with E-state index in [0.29, 0.717) is 32.2 Å². The second kappa shape index (κ2) is 11.8. The Hall–Kier alpha value is -1.78. The molecule has 1 saturated heterocycles. The van der Waals surface area contributed by atoms with E-state index in [1.54, 1.807) is 31.0 Å². The summed E-state index contributed by atoms with van der Waals surface area (Å²) in [5.74, 6) is 0.488. The lowest BCUT2D eigenvalue weighted by atomic mass is 10.1. The van der Waals surface area contributed by atoms with Crippen LogP contribution in [0, 0.1) is 5.82 Å². The normalized spacial score (nSPS) is 15.0. The van der Waals surface area contributed by atoms with E-state index < -0.39 is 0 Å². The number of hydrogen-bond donors (Lipinski definition) is 2. The first-order valence-electron chi connectivity index (χ1n) is 8.78. The number of methoxy groups -OCH3 is 1. The van der Waals surface area contributed by atoms with Crippen molar-refractivity contribution in [2.45, 2.75) is 32.4 Å². The standard InChI is InChI=1S/C18H27FN4O3.HI/c1-4-26-18(24)23-9-7-14(8-10-23)22-17(20-2)21-12-13-5-6-16(25-3)15(19)11-13;/h5-6,11,14H,4,7-10,12H2,1-3H3,(H2,20,21,22);1H. The third-order valence-corrected chi connectivity index (χ3v) is 4.26. The number of piperidine rings is 1. The number of halogens is 2. The van der Waals surface area contributed by atoms with Gasteiger partial charge in [0.1, 0.15) is 0 Å². The van der Waals surface area contributed by atoms with E-state index in [2.05, 4.69) is 15.6 Å². The van der Waals surface area contributed by atoms with Gasteiger partial charge in [0.15, 0.2) is 17.5 Å². The fraction of sp³-hybridized carbons (Fsp3) is 0.556. The summed E-state index contributed by atoms with van der Waals surface area (Å²) in [4.78, 5) is 17.7. The highest BCUT2D eigenvalue weighted by atomic mass is 127. The number of amides is 1.